The summed E-state index contributed by atoms with van der Waals surface area (Å²) in [6.45, 7) is 6.03. The van der Waals surface area contributed by atoms with Crippen LogP contribution in [0, 0.1) is 17.2 Å². The van der Waals surface area contributed by atoms with Crippen molar-refractivity contribution in [2.24, 2.45) is 5.92 Å². The van der Waals surface area contributed by atoms with Gasteiger partial charge in [-0.2, -0.15) is 5.26 Å². The van der Waals surface area contributed by atoms with Crippen molar-refractivity contribution in [2.75, 3.05) is 18.0 Å². The molecule has 0 saturated carbocycles. The summed E-state index contributed by atoms with van der Waals surface area (Å²) in [7, 11) is 0. The Morgan fingerprint density at radius 1 is 1.58 bits per heavy atom. The van der Waals surface area contributed by atoms with Crippen LogP contribution >= 0.6 is 11.3 Å². The lowest BCUT2D eigenvalue weighted by Crippen LogP contribution is -2.27. The molecule has 102 valence electrons. The van der Waals surface area contributed by atoms with Gasteiger partial charge in [0.2, 0.25) is 0 Å². The Kier molecular flexibility index (Phi) is 5.01. The number of hydrogen-bond donors (Lipinski definition) is 1. The summed E-state index contributed by atoms with van der Waals surface area (Å²) >= 11 is 1.06. The van der Waals surface area contributed by atoms with Crippen LogP contribution < -0.4 is 4.90 Å². The standard InChI is InChI=1S/C12H15N3O3S/c1-4-15(6-7(2)5-13)12-14-9(11(17)18)10(19-12)8(3)16/h7H,4,6H2,1-3H3,(H,17,18). The third-order valence-corrected chi connectivity index (χ3v) is 3.72. The molecular formula is C12H15N3O3S. The van der Waals surface area contributed by atoms with E-state index >= 15 is 0 Å². The number of anilines is 1. The van der Waals surface area contributed by atoms with E-state index in [0.717, 1.165) is 11.3 Å². The Morgan fingerprint density at radius 3 is 2.58 bits per heavy atom. The third-order valence-electron chi connectivity index (χ3n) is 2.51. The van der Waals surface area contributed by atoms with Crippen molar-refractivity contribution in [1.29, 1.82) is 5.26 Å². The number of carbonyl (C=O) groups excluding carboxylic acids is 1. The molecule has 0 bridgehead atoms. The van der Waals surface area contributed by atoms with Crippen molar-refractivity contribution in [3.8, 4) is 6.07 Å². The Morgan fingerprint density at radius 2 is 2.21 bits per heavy atom. The van der Waals surface area contributed by atoms with E-state index in [1.54, 1.807) is 11.8 Å². The molecule has 1 heterocycles. The van der Waals surface area contributed by atoms with Gasteiger partial charge in [-0.25, -0.2) is 9.78 Å². The SMILES string of the molecule is CCN(CC(C)C#N)c1nc(C(=O)O)c(C(C)=O)s1. The highest BCUT2D eigenvalue weighted by molar-refractivity contribution is 7.17. The van der Waals surface area contributed by atoms with Crippen LogP contribution in [-0.2, 0) is 0 Å². The minimum Gasteiger partial charge on any atom is -0.476 e. The third kappa shape index (κ3) is 3.51. The molecule has 1 aromatic rings. The fraction of sp³-hybridized carbons (Fsp3) is 0.500. The molecule has 6 nitrogen and oxygen atoms in total. The number of ketones is 1. The maximum absolute atomic E-state index is 11.4. The van der Waals surface area contributed by atoms with Gasteiger partial charge in [0.15, 0.2) is 16.6 Å². The first-order valence-electron chi connectivity index (χ1n) is 5.80. The number of rotatable bonds is 6. The highest BCUT2D eigenvalue weighted by atomic mass is 32.1. The number of aromatic carboxylic acids is 1. The van der Waals surface area contributed by atoms with Gasteiger partial charge >= 0.3 is 5.97 Å². The van der Waals surface area contributed by atoms with E-state index in [1.165, 1.54) is 6.92 Å². The van der Waals surface area contributed by atoms with Gasteiger partial charge < -0.3 is 10.0 Å². The quantitative estimate of drug-likeness (QED) is 0.802. The highest BCUT2D eigenvalue weighted by Gasteiger charge is 2.23. The minimum absolute atomic E-state index is 0.144. The fourth-order valence-electron chi connectivity index (χ4n) is 1.54. The Bertz CT molecular complexity index is 501. The van der Waals surface area contributed by atoms with Crippen LogP contribution in [0.5, 0.6) is 0 Å². The molecule has 19 heavy (non-hydrogen) atoms. The zero-order valence-corrected chi connectivity index (χ0v) is 11.8. The predicted molar refractivity (Wildman–Crippen MR) is 71.7 cm³/mol. The van der Waals surface area contributed by atoms with Crippen LogP contribution in [0.25, 0.3) is 0 Å². The molecular weight excluding hydrogens is 266 g/mol. The van der Waals surface area contributed by atoms with Crippen LogP contribution in [0.4, 0.5) is 5.13 Å². The minimum atomic E-state index is -1.21. The lowest BCUT2D eigenvalue weighted by molar-refractivity contribution is 0.0687. The van der Waals surface area contributed by atoms with Crippen LogP contribution in [-0.4, -0.2) is 34.9 Å². The number of thiazole rings is 1. The maximum Gasteiger partial charge on any atom is 0.356 e. The van der Waals surface area contributed by atoms with Gasteiger partial charge in [-0.05, 0) is 13.8 Å². The molecule has 0 aromatic carbocycles. The summed E-state index contributed by atoms with van der Waals surface area (Å²) in [5, 5.41) is 18.3. The Hall–Kier alpha value is -1.94. The van der Waals surface area contributed by atoms with Crippen LogP contribution in [0.1, 0.15) is 40.9 Å². The lowest BCUT2D eigenvalue weighted by atomic mass is 10.2. The van der Waals surface area contributed by atoms with Crippen LogP contribution in [0.15, 0.2) is 0 Å². The van der Waals surface area contributed by atoms with Gasteiger partial charge in [0.1, 0.15) is 4.88 Å². The topological polar surface area (TPSA) is 94.3 Å². The molecule has 0 aliphatic carbocycles. The number of Topliss-reactive ketones (excluding diaryl/α,β-unsaturated/α-hetero) is 1. The summed E-state index contributed by atoms with van der Waals surface area (Å²) in [5.74, 6) is -1.72. The monoisotopic (exact) mass is 281 g/mol. The van der Waals surface area contributed by atoms with E-state index in [-0.39, 0.29) is 22.3 Å². The van der Waals surface area contributed by atoms with E-state index in [9.17, 15) is 9.59 Å². The molecule has 0 radical (unpaired) electrons. The largest absolute Gasteiger partial charge is 0.476 e. The number of carboxylic acids is 1. The predicted octanol–water partition coefficient (Wildman–Crippen LogP) is 2.03. The van der Waals surface area contributed by atoms with E-state index in [2.05, 4.69) is 11.1 Å². The van der Waals surface area contributed by atoms with E-state index in [1.807, 2.05) is 6.92 Å². The lowest BCUT2D eigenvalue weighted by Gasteiger charge is -2.20. The molecule has 7 heteroatoms. The average Bonchev–Trinajstić information content (AvgIpc) is 2.80. The first kappa shape index (κ1) is 15.1. The van der Waals surface area contributed by atoms with E-state index in [0.29, 0.717) is 18.2 Å². The molecule has 0 saturated heterocycles. The van der Waals surface area contributed by atoms with Crippen molar-refractivity contribution in [3.63, 3.8) is 0 Å². The van der Waals surface area contributed by atoms with Crippen molar-refractivity contribution in [1.82, 2.24) is 4.98 Å². The number of carboxylic acid groups (broad SMARTS) is 1. The second kappa shape index (κ2) is 6.29. The van der Waals surface area contributed by atoms with Gasteiger partial charge in [-0.3, -0.25) is 4.79 Å². The molecule has 1 rings (SSSR count). The summed E-state index contributed by atoms with van der Waals surface area (Å²) in [6, 6.07) is 2.12. The fourth-order valence-corrected chi connectivity index (χ4v) is 2.57. The van der Waals surface area contributed by atoms with Crippen molar-refractivity contribution in [2.45, 2.75) is 20.8 Å². The molecule has 1 atom stereocenters. The molecule has 0 amide bonds. The molecule has 1 N–H and O–H groups in total. The smallest absolute Gasteiger partial charge is 0.356 e. The summed E-state index contributed by atoms with van der Waals surface area (Å²) in [4.78, 5) is 28.4. The Balaban J connectivity index is 3.12. The number of carbonyl (C=O) groups is 2. The van der Waals surface area contributed by atoms with Crippen molar-refractivity contribution >= 4 is 28.2 Å². The zero-order chi connectivity index (χ0) is 14.6. The highest BCUT2D eigenvalue weighted by Crippen LogP contribution is 2.27. The first-order valence-corrected chi connectivity index (χ1v) is 6.61. The van der Waals surface area contributed by atoms with Crippen molar-refractivity contribution in [3.05, 3.63) is 10.6 Å². The van der Waals surface area contributed by atoms with Gasteiger partial charge in [0.05, 0.1) is 12.0 Å². The van der Waals surface area contributed by atoms with Crippen LogP contribution in [0.3, 0.4) is 0 Å². The van der Waals surface area contributed by atoms with Gasteiger partial charge in [-0.15, -0.1) is 0 Å². The molecule has 0 aliphatic rings. The van der Waals surface area contributed by atoms with Crippen LogP contribution in [0.2, 0.25) is 0 Å². The normalized spacial score (nSPS) is 11.7. The molecule has 0 aliphatic heterocycles. The average molecular weight is 281 g/mol. The molecule has 0 spiro atoms. The molecule has 1 aromatic heterocycles. The summed E-state index contributed by atoms with van der Waals surface area (Å²) < 4.78 is 0. The summed E-state index contributed by atoms with van der Waals surface area (Å²) in [6.07, 6.45) is 0. The number of hydrogen-bond acceptors (Lipinski definition) is 6. The Labute approximate surface area is 115 Å². The zero-order valence-electron chi connectivity index (χ0n) is 11.0. The van der Waals surface area contributed by atoms with Crippen molar-refractivity contribution < 1.29 is 14.7 Å². The van der Waals surface area contributed by atoms with Gasteiger partial charge in [0.25, 0.3) is 0 Å². The van der Waals surface area contributed by atoms with E-state index in [4.69, 9.17) is 10.4 Å². The number of aromatic nitrogens is 1. The first-order chi connectivity index (χ1) is 8.90. The van der Waals surface area contributed by atoms with E-state index < -0.39 is 5.97 Å². The second-order valence-corrected chi connectivity index (χ2v) is 5.08. The summed E-state index contributed by atoms with van der Waals surface area (Å²) in [5.41, 5.74) is -0.212. The number of nitriles is 1. The molecule has 1 unspecified atom stereocenters. The van der Waals surface area contributed by atoms with Gasteiger partial charge in [-0.1, -0.05) is 11.3 Å². The molecule has 0 fully saturated rings. The number of nitrogens with zero attached hydrogens (tertiary/aromatic N) is 3. The maximum atomic E-state index is 11.4. The van der Waals surface area contributed by atoms with Gasteiger partial charge in [0, 0.05) is 20.0 Å². The second-order valence-electron chi connectivity index (χ2n) is 4.10.